The number of methoxy groups -OCH3 is 2. The van der Waals surface area contributed by atoms with E-state index >= 15 is 0 Å². The summed E-state index contributed by atoms with van der Waals surface area (Å²) in [6.07, 6.45) is -5.84. The van der Waals surface area contributed by atoms with Gasteiger partial charge in [-0.2, -0.15) is 0 Å². The maximum Gasteiger partial charge on any atom is 0.434 e. The molecule has 0 bridgehead atoms. The Morgan fingerprint density at radius 2 is 1.83 bits per heavy atom. The van der Waals surface area contributed by atoms with Gasteiger partial charge in [-0.1, -0.05) is 17.1 Å². The molecule has 2 aliphatic heterocycles. The van der Waals surface area contributed by atoms with Crippen LogP contribution in [0.3, 0.4) is 0 Å². The number of aliphatic hydroxyl groups excluding tert-OH is 1. The summed E-state index contributed by atoms with van der Waals surface area (Å²) in [6, 6.07) is 3.57. The monoisotopic (exact) mass is 968 g/mol. The van der Waals surface area contributed by atoms with E-state index in [1.54, 1.807) is 6.92 Å². The van der Waals surface area contributed by atoms with Crippen molar-refractivity contribution in [3.05, 3.63) is 73.6 Å². The highest BCUT2D eigenvalue weighted by Crippen LogP contribution is 2.52. The van der Waals surface area contributed by atoms with Crippen LogP contribution in [-0.4, -0.2) is 171 Å². The summed E-state index contributed by atoms with van der Waals surface area (Å²) >= 11 is 0. The number of fused-ring (bicyclic) bond motifs is 3. The van der Waals surface area contributed by atoms with Gasteiger partial charge in [0.2, 0.25) is 5.78 Å². The molecule has 4 aliphatic rings. The molecule has 7 unspecified atom stereocenters. The van der Waals surface area contributed by atoms with Gasteiger partial charge in [-0.25, -0.2) is 14.2 Å². The van der Waals surface area contributed by atoms with E-state index in [9.17, 15) is 54.5 Å². The fourth-order valence-corrected chi connectivity index (χ4v) is 9.12. The Hall–Kier alpha value is -6.28. The van der Waals surface area contributed by atoms with Gasteiger partial charge in [0, 0.05) is 75.3 Å². The molecule has 24 heteroatoms. The number of aliphatic hydroxyl groups is 2. The standard InChI is InChI=1S/C45H56N6O18/c1-23-37(53)28(46-11-13-49(43(58)66-16-15-63-4)21-31-50(12-6-7-14-65-31)44(59)67-22-25-20-47-42(48(25)3)51(61)62)17-32(68-23)69-30-19-45(60,24(2)52)18-27-34(30)41(57)36-35(39(27)55)38(54)26-9-8-10-29(64-5)33(26)40(36)56/h8-10,20,23,28,30-32,37,46,53,55,57,60H,6-7,11-19,21-22H2,1-5H3. The third-order valence-corrected chi connectivity index (χ3v) is 12.9. The number of aromatic nitrogens is 2. The fraction of sp³-hybridized carbons (Fsp3) is 0.556. The zero-order chi connectivity index (χ0) is 49.9. The van der Waals surface area contributed by atoms with Crippen molar-refractivity contribution in [1.29, 1.82) is 0 Å². The highest BCUT2D eigenvalue weighted by atomic mass is 16.7. The molecule has 24 nitrogen and oxygen atoms in total. The molecule has 0 saturated carbocycles. The van der Waals surface area contributed by atoms with Crippen molar-refractivity contribution in [3.63, 3.8) is 0 Å². The van der Waals surface area contributed by atoms with Crippen LogP contribution in [0.2, 0.25) is 0 Å². The lowest BCUT2D eigenvalue weighted by atomic mass is 9.72. The third kappa shape index (κ3) is 10.2. The predicted octanol–water partition coefficient (Wildman–Crippen LogP) is 2.16. The zero-order valence-corrected chi connectivity index (χ0v) is 38.7. The summed E-state index contributed by atoms with van der Waals surface area (Å²) in [7, 11) is 4.17. The number of hydrogen-bond acceptors (Lipinski definition) is 20. The quantitative estimate of drug-likeness (QED) is 0.0465. The van der Waals surface area contributed by atoms with Gasteiger partial charge in [0.1, 0.15) is 35.7 Å². The lowest BCUT2D eigenvalue weighted by Crippen LogP contribution is -2.56. The number of hydrogen-bond donors (Lipinski definition) is 5. The Kier molecular flexibility index (Phi) is 15.5. The van der Waals surface area contributed by atoms with Crippen LogP contribution >= 0.6 is 0 Å². The van der Waals surface area contributed by atoms with E-state index in [0.717, 1.165) is 6.92 Å². The Labute approximate surface area is 395 Å². The lowest BCUT2D eigenvalue weighted by Gasteiger charge is -2.43. The summed E-state index contributed by atoms with van der Waals surface area (Å²) < 4.78 is 41.1. The number of nitro groups is 1. The number of imidazole rings is 1. The lowest BCUT2D eigenvalue weighted by molar-refractivity contribution is -0.396. The van der Waals surface area contributed by atoms with E-state index in [2.05, 4.69) is 10.3 Å². The first kappa shape index (κ1) is 50.6. The number of rotatable bonds is 16. The van der Waals surface area contributed by atoms with Crippen LogP contribution in [0.4, 0.5) is 15.5 Å². The Balaban J connectivity index is 1.08. The number of carbonyl (C=O) groups is 5. The molecule has 1 aromatic heterocycles. The van der Waals surface area contributed by atoms with E-state index in [0.29, 0.717) is 12.8 Å². The largest absolute Gasteiger partial charge is 0.507 e. The minimum Gasteiger partial charge on any atom is -0.507 e. The number of aromatic hydroxyl groups is 2. The van der Waals surface area contributed by atoms with Gasteiger partial charge in [-0.05, 0) is 37.7 Å². The number of nitrogens with one attached hydrogen (secondary N) is 1. The molecule has 7 rings (SSSR count). The number of phenols is 2. The molecule has 374 valence electrons. The van der Waals surface area contributed by atoms with E-state index < -0.39 is 118 Å². The highest BCUT2D eigenvalue weighted by molar-refractivity contribution is 6.31. The van der Waals surface area contributed by atoms with E-state index in [1.807, 2.05) is 0 Å². The Morgan fingerprint density at radius 3 is 2.52 bits per heavy atom. The van der Waals surface area contributed by atoms with Crippen LogP contribution in [0.15, 0.2) is 24.4 Å². The number of ketones is 3. The van der Waals surface area contributed by atoms with E-state index in [-0.39, 0.29) is 92.7 Å². The van der Waals surface area contributed by atoms with E-state index in [1.165, 1.54) is 60.0 Å². The molecule has 69 heavy (non-hydrogen) atoms. The molecule has 2 amide bonds. The van der Waals surface area contributed by atoms with Gasteiger partial charge in [0.25, 0.3) is 0 Å². The second-order valence-electron chi connectivity index (χ2n) is 17.2. The first-order chi connectivity index (χ1) is 32.9. The number of ether oxygens (including phenoxy) is 7. The van der Waals surface area contributed by atoms with Gasteiger partial charge in [-0.3, -0.25) is 19.3 Å². The van der Waals surface area contributed by atoms with Crippen molar-refractivity contribution in [2.45, 2.75) is 95.0 Å². The van der Waals surface area contributed by atoms with Gasteiger partial charge >= 0.3 is 18.1 Å². The van der Waals surface area contributed by atoms with Gasteiger partial charge < -0.3 is 73.9 Å². The molecule has 7 atom stereocenters. The van der Waals surface area contributed by atoms with Gasteiger partial charge in [-0.15, -0.1) is 0 Å². The smallest absolute Gasteiger partial charge is 0.434 e. The number of amides is 2. The van der Waals surface area contributed by atoms with Crippen molar-refractivity contribution in [3.8, 4) is 17.2 Å². The Bertz CT molecular complexity index is 2480. The summed E-state index contributed by atoms with van der Waals surface area (Å²) in [5, 5.41) is 61.2. The minimum atomic E-state index is -2.15. The minimum absolute atomic E-state index is 0.0369. The number of nitrogens with zero attached hydrogens (tertiary/aromatic N) is 5. The van der Waals surface area contributed by atoms with Crippen molar-refractivity contribution in [2.24, 2.45) is 7.05 Å². The van der Waals surface area contributed by atoms with Crippen LogP contribution in [0.25, 0.3) is 0 Å². The average Bonchev–Trinajstić information content (AvgIpc) is 3.53. The molecule has 3 heterocycles. The van der Waals surface area contributed by atoms with Crippen LogP contribution in [-0.2, 0) is 53.3 Å². The molecule has 0 spiro atoms. The zero-order valence-electron chi connectivity index (χ0n) is 38.7. The van der Waals surface area contributed by atoms with Gasteiger partial charge in [0.15, 0.2) is 36.4 Å². The third-order valence-electron chi connectivity index (χ3n) is 12.9. The number of benzene rings is 2. The topological polar surface area (TPSA) is 310 Å². The molecule has 5 N–H and O–H groups in total. The molecule has 3 aromatic rings. The second kappa shape index (κ2) is 21.2. The molecule has 2 aliphatic carbocycles. The molecule has 2 saturated heterocycles. The summed E-state index contributed by atoms with van der Waals surface area (Å²) in [6.45, 7) is 2.69. The highest BCUT2D eigenvalue weighted by Gasteiger charge is 2.50. The fourth-order valence-electron chi connectivity index (χ4n) is 9.12. The van der Waals surface area contributed by atoms with Gasteiger partial charge in [0.05, 0.1) is 62.3 Å². The van der Waals surface area contributed by atoms with Crippen LogP contribution < -0.4 is 10.1 Å². The number of carbonyl (C=O) groups excluding carboxylic acids is 5. The van der Waals surface area contributed by atoms with Crippen LogP contribution in [0, 0.1) is 10.1 Å². The second-order valence-corrected chi connectivity index (χ2v) is 17.2. The summed E-state index contributed by atoms with van der Waals surface area (Å²) in [5.41, 5.74) is -3.37. The molecular formula is C45H56N6O18. The normalized spacial score (nSPS) is 24.4. The maximum atomic E-state index is 14.1. The van der Waals surface area contributed by atoms with Crippen LogP contribution in [0.5, 0.6) is 17.2 Å². The van der Waals surface area contributed by atoms with Crippen molar-refractivity contribution in [2.75, 3.05) is 60.2 Å². The molecule has 0 radical (unpaired) electrons. The van der Waals surface area contributed by atoms with E-state index in [4.69, 9.17) is 33.2 Å². The number of phenolic OH excluding ortho intramolecular Hbond substituents is 2. The predicted molar refractivity (Wildman–Crippen MR) is 235 cm³/mol. The SMILES string of the molecule is COCCOC(=O)N(CCNC1CC(OC2CC(O)(C(C)=O)Cc3c(O)c4c(c(O)c32)C(=O)c2c(OC)cccc2C4=O)OC(C)C1O)CC1OCCCCN1C(=O)OCc1cnc([N+](=O)[O-])n1C. The number of Topliss-reactive ketones (excluding diaryl/α,β-unsaturated/α-hetero) is 1. The molecule has 2 fully saturated rings. The first-order valence-corrected chi connectivity index (χ1v) is 22.3. The summed E-state index contributed by atoms with van der Waals surface area (Å²) in [5.74, 6) is -4.04. The summed E-state index contributed by atoms with van der Waals surface area (Å²) in [4.78, 5) is 85.0. The van der Waals surface area contributed by atoms with Crippen LogP contribution in [0.1, 0.15) is 94.3 Å². The van der Waals surface area contributed by atoms with Crippen molar-refractivity contribution in [1.82, 2.24) is 24.7 Å². The first-order valence-electron chi connectivity index (χ1n) is 22.3. The Morgan fingerprint density at radius 1 is 1.07 bits per heavy atom. The maximum absolute atomic E-state index is 14.1. The van der Waals surface area contributed by atoms with Crippen molar-refractivity contribution >= 4 is 35.5 Å². The average molecular weight is 969 g/mol. The van der Waals surface area contributed by atoms with Crippen molar-refractivity contribution < 1.29 is 82.5 Å². The molecular weight excluding hydrogens is 913 g/mol. The molecule has 2 aromatic carbocycles.